The number of aromatic carboxylic acids is 2. The summed E-state index contributed by atoms with van der Waals surface area (Å²) < 4.78 is 69.5. The molecule has 2 amide bonds. The zero-order valence-electron chi connectivity index (χ0n) is 31.6. The number of anilines is 2. The summed E-state index contributed by atoms with van der Waals surface area (Å²) in [6, 6.07) is 31.1. The fourth-order valence-electron chi connectivity index (χ4n) is 6.40. The molecule has 0 aromatic heterocycles. The Labute approximate surface area is 341 Å². The Hall–Kier alpha value is -7.48. The first-order valence-corrected chi connectivity index (χ1v) is 18.6. The first-order valence-electron chi connectivity index (χ1n) is 18.6. The quantitative estimate of drug-likeness (QED) is 0.0891. The van der Waals surface area contributed by atoms with Crippen molar-refractivity contribution in [2.45, 2.75) is 38.4 Å². The molecule has 60 heavy (non-hydrogen) atoms. The molecule has 0 saturated heterocycles. The number of hydrogen-bond donors (Lipinski definition) is 4. The molecule has 0 radical (unpaired) electrons. The predicted molar refractivity (Wildman–Crippen MR) is 215 cm³/mol. The highest BCUT2D eigenvalue weighted by Gasteiger charge is 2.22. The summed E-state index contributed by atoms with van der Waals surface area (Å²) in [6.45, 7) is 0.122. The van der Waals surface area contributed by atoms with E-state index in [0.29, 0.717) is 16.9 Å². The van der Waals surface area contributed by atoms with Gasteiger partial charge in [0.25, 0.3) is 11.8 Å². The van der Waals surface area contributed by atoms with Crippen LogP contribution in [0.25, 0.3) is 11.1 Å². The van der Waals surface area contributed by atoms with Gasteiger partial charge in [0.2, 0.25) is 0 Å². The highest BCUT2D eigenvalue weighted by atomic mass is 19.1. The van der Waals surface area contributed by atoms with Gasteiger partial charge in [0.1, 0.15) is 41.1 Å². The lowest BCUT2D eigenvalue weighted by atomic mass is 10.0. The number of carboxylic acid groups (broad SMARTS) is 2. The molecule has 306 valence electrons. The fourth-order valence-corrected chi connectivity index (χ4v) is 6.40. The standard InChI is InChI=1S/C25H21F2NO4.C21H15F2NO4/c26-21-13-16(15-6-5-9-18(12-15)32-17-7-1-2-8-17)14-22(27)23(21)28-24(29)19-10-3-4-11-20(19)25(30)31;22-17-10-14(28-12-13-6-2-1-3-7-13)11-18(23)19(17)24-20(25)15-8-4-5-9-16(15)21(26)27/h3-6,9-14,17H,1-2,7-8H2,(H,28,29)(H,30,31);1-11H,12H2,(H,24,25)(H,26,27). The molecule has 0 aliphatic heterocycles. The minimum absolute atomic E-state index is 0.0391. The Balaban J connectivity index is 0.000000203. The molecule has 1 saturated carbocycles. The Morgan fingerprint density at radius 1 is 0.533 bits per heavy atom. The summed E-state index contributed by atoms with van der Waals surface area (Å²) in [5, 5.41) is 22.6. The SMILES string of the molecule is O=C(O)c1ccccc1C(=O)Nc1c(F)cc(-c2cccc(OC3CCCC3)c2)cc1F.O=C(O)c1ccccc1C(=O)Nc1c(F)cc(OCc2ccccc2)cc1F. The molecule has 6 aromatic carbocycles. The molecule has 10 nitrogen and oxygen atoms in total. The van der Waals surface area contributed by atoms with Crippen LogP contribution in [0.3, 0.4) is 0 Å². The molecule has 0 atom stereocenters. The average molecular weight is 821 g/mol. The number of carbonyl (C=O) groups is 4. The van der Waals surface area contributed by atoms with Gasteiger partial charge in [-0.15, -0.1) is 0 Å². The van der Waals surface area contributed by atoms with E-state index in [0.717, 1.165) is 55.5 Å². The minimum atomic E-state index is -1.32. The fraction of sp³-hybridized carbons (Fsp3) is 0.130. The molecule has 1 aliphatic rings. The van der Waals surface area contributed by atoms with E-state index in [1.54, 1.807) is 30.3 Å². The van der Waals surface area contributed by atoms with E-state index in [-0.39, 0.29) is 40.7 Å². The van der Waals surface area contributed by atoms with Crippen LogP contribution in [0.2, 0.25) is 0 Å². The van der Waals surface area contributed by atoms with E-state index >= 15 is 0 Å². The van der Waals surface area contributed by atoms with Crippen molar-refractivity contribution >= 4 is 35.1 Å². The van der Waals surface area contributed by atoms with E-state index in [9.17, 15) is 41.8 Å². The van der Waals surface area contributed by atoms with Crippen LogP contribution in [0.5, 0.6) is 11.5 Å². The highest BCUT2D eigenvalue weighted by Crippen LogP contribution is 2.32. The van der Waals surface area contributed by atoms with Crippen LogP contribution in [-0.2, 0) is 6.61 Å². The zero-order chi connectivity index (χ0) is 42.8. The number of rotatable bonds is 12. The number of hydrogen-bond acceptors (Lipinski definition) is 6. The van der Waals surface area contributed by atoms with E-state index in [1.165, 1.54) is 48.5 Å². The van der Waals surface area contributed by atoms with Crippen molar-refractivity contribution in [3.8, 4) is 22.6 Å². The third-order valence-corrected chi connectivity index (χ3v) is 9.36. The maximum atomic E-state index is 14.8. The normalized spacial score (nSPS) is 12.1. The molecule has 0 bridgehead atoms. The average Bonchev–Trinajstić information content (AvgIpc) is 3.76. The van der Waals surface area contributed by atoms with Gasteiger partial charge in [0.15, 0.2) is 11.6 Å². The van der Waals surface area contributed by atoms with E-state index < -0.39 is 58.4 Å². The molecule has 6 aromatic rings. The first kappa shape index (κ1) is 42.1. The van der Waals surface area contributed by atoms with Crippen LogP contribution >= 0.6 is 0 Å². The van der Waals surface area contributed by atoms with Gasteiger partial charge in [0.05, 0.1) is 28.4 Å². The van der Waals surface area contributed by atoms with Crippen molar-refractivity contribution in [1.29, 1.82) is 0 Å². The van der Waals surface area contributed by atoms with Gasteiger partial charge in [-0.3, -0.25) is 9.59 Å². The highest BCUT2D eigenvalue weighted by molar-refractivity contribution is 6.11. The van der Waals surface area contributed by atoms with Crippen LogP contribution in [-0.4, -0.2) is 40.1 Å². The van der Waals surface area contributed by atoms with Crippen molar-refractivity contribution < 1.29 is 56.4 Å². The lowest BCUT2D eigenvalue weighted by Crippen LogP contribution is -2.18. The van der Waals surface area contributed by atoms with Crippen molar-refractivity contribution in [2.75, 3.05) is 10.6 Å². The Kier molecular flexibility index (Phi) is 13.6. The number of nitrogens with one attached hydrogen (secondary N) is 2. The van der Waals surface area contributed by atoms with E-state index in [2.05, 4.69) is 10.6 Å². The number of halogens is 4. The Morgan fingerprint density at radius 3 is 1.50 bits per heavy atom. The topological polar surface area (TPSA) is 151 Å². The molecule has 7 rings (SSSR count). The maximum Gasteiger partial charge on any atom is 0.336 e. The van der Waals surface area contributed by atoms with Crippen LogP contribution in [0.4, 0.5) is 28.9 Å². The molecular weight excluding hydrogens is 785 g/mol. The van der Waals surface area contributed by atoms with Crippen LogP contribution in [0, 0.1) is 23.3 Å². The van der Waals surface area contributed by atoms with Gasteiger partial charge in [-0.1, -0.05) is 66.7 Å². The smallest absolute Gasteiger partial charge is 0.336 e. The number of ether oxygens (including phenoxy) is 2. The van der Waals surface area contributed by atoms with Crippen LogP contribution in [0.15, 0.2) is 127 Å². The maximum absolute atomic E-state index is 14.8. The number of benzene rings is 6. The second-order valence-electron chi connectivity index (χ2n) is 13.5. The third-order valence-electron chi connectivity index (χ3n) is 9.36. The molecule has 0 heterocycles. The van der Waals surface area contributed by atoms with Crippen molar-refractivity contribution in [2.24, 2.45) is 0 Å². The zero-order valence-corrected chi connectivity index (χ0v) is 31.6. The van der Waals surface area contributed by atoms with Gasteiger partial charge in [-0.25, -0.2) is 27.2 Å². The summed E-state index contributed by atoms with van der Waals surface area (Å²) >= 11 is 0. The van der Waals surface area contributed by atoms with Gasteiger partial charge >= 0.3 is 11.9 Å². The van der Waals surface area contributed by atoms with Gasteiger partial charge in [-0.05, 0) is 90.9 Å². The van der Waals surface area contributed by atoms with Crippen molar-refractivity contribution in [1.82, 2.24) is 0 Å². The monoisotopic (exact) mass is 820 g/mol. The number of amides is 2. The summed E-state index contributed by atoms with van der Waals surface area (Å²) in [6.07, 6.45) is 4.40. The molecule has 1 aliphatic carbocycles. The van der Waals surface area contributed by atoms with Crippen molar-refractivity contribution in [3.63, 3.8) is 0 Å². The second-order valence-corrected chi connectivity index (χ2v) is 13.5. The molecule has 14 heteroatoms. The lowest BCUT2D eigenvalue weighted by Gasteiger charge is -2.14. The number of carboxylic acids is 2. The Bertz CT molecular complexity index is 2500. The minimum Gasteiger partial charge on any atom is -0.490 e. The van der Waals surface area contributed by atoms with Crippen molar-refractivity contribution in [3.05, 3.63) is 178 Å². The second kappa shape index (κ2) is 19.3. The Morgan fingerprint density at radius 2 is 1.00 bits per heavy atom. The van der Waals surface area contributed by atoms with E-state index in [4.69, 9.17) is 14.6 Å². The van der Waals surface area contributed by atoms with E-state index in [1.807, 2.05) is 24.3 Å². The lowest BCUT2D eigenvalue weighted by molar-refractivity contribution is 0.0683. The van der Waals surface area contributed by atoms with Crippen LogP contribution in [0.1, 0.15) is 72.7 Å². The summed E-state index contributed by atoms with van der Waals surface area (Å²) in [5.41, 5.74) is -0.572. The van der Waals surface area contributed by atoms with Gasteiger partial charge < -0.3 is 30.3 Å². The van der Waals surface area contributed by atoms with Gasteiger partial charge in [0, 0.05) is 12.1 Å². The molecule has 1 fully saturated rings. The summed E-state index contributed by atoms with van der Waals surface area (Å²) in [4.78, 5) is 47.3. The molecule has 4 N–H and O–H groups in total. The summed E-state index contributed by atoms with van der Waals surface area (Å²) in [5.74, 6) is -7.90. The summed E-state index contributed by atoms with van der Waals surface area (Å²) in [7, 11) is 0. The van der Waals surface area contributed by atoms with Gasteiger partial charge in [-0.2, -0.15) is 0 Å². The molecule has 0 spiro atoms. The first-order chi connectivity index (χ1) is 28.9. The van der Waals surface area contributed by atoms with Crippen LogP contribution < -0.4 is 20.1 Å². The molecular formula is C46H36F4N2O8. The largest absolute Gasteiger partial charge is 0.490 e. The number of carbonyl (C=O) groups excluding carboxylic acids is 2. The molecule has 0 unspecified atom stereocenters. The third kappa shape index (κ3) is 10.5. The predicted octanol–water partition coefficient (Wildman–Crippen LogP) is 10.4.